The van der Waals surface area contributed by atoms with Crippen molar-refractivity contribution in [3.05, 3.63) is 59.7 Å². The van der Waals surface area contributed by atoms with Crippen molar-refractivity contribution in [2.75, 3.05) is 13.7 Å². The first-order chi connectivity index (χ1) is 14.6. The molecular formula is C24H32N2O4S. The summed E-state index contributed by atoms with van der Waals surface area (Å²) in [5.41, 5.74) is 1.47. The van der Waals surface area contributed by atoms with Crippen LogP contribution in [0.1, 0.15) is 38.8 Å². The number of nitrogens with zero attached hydrogens (tertiary/aromatic N) is 1. The van der Waals surface area contributed by atoms with Crippen LogP contribution in [0, 0.1) is 5.41 Å². The van der Waals surface area contributed by atoms with Gasteiger partial charge in [0.15, 0.2) is 16.6 Å². The van der Waals surface area contributed by atoms with E-state index in [9.17, 15) is 9.90 Å². The van der Waals surface area contributed by atoms with Crippen molar-refractivity contribution in [1.29, 1.82) is 0 Å². The molecule has 0 spiro atoms. The Kier molecular flexibility index (Phi) is 8.68. The second-order valence-corrected chi connectivity index (χ2v) is 8.86. The number of phenolic OH excluding ortho intramolecular Hbond substituents is 1. The van der Waals surface area contributed by atoms with Gasteiger partial charge in [0.1, 0.15) is 6.61 Å². The zero-order valence-electron chi connectivity index (χ0n) is 18.8. The number of hydrogen-bond donors (Lipinski definition) is 2. The van der Waals surface area contributed by atoms with E-state index in [1.165, 1.54) is 7.11 Å². The van der Waals surface area contributed by atoms with E-state index in [1.807, 2.05) is 69.0 Å². The average Bonchev–Trinajstić information content (AvgIpc) is 2.74. The predicted octanol–water partition coefficient (Wildman–Crippen LogP) is 4.26. The zero-order chi connectivity index (χ0) is 23.0. The Hall–Kier alpha value is -2.80. The van der Waals surface area contributed by atoms with Gasteiger partial charge in [0, 0.05) is 13.1 Å². The number of hydrogen-bond acceptors (Lipinski definition) is 5. The number of aromatic hydroxyl groups is 1. The first kappa shape index (κ1) is 24.5. The van der Waals surface area contributed by atoms with E-state index in [-0.39, 0.29) is 24.4 Å². The van der Waals surface area contributed by atoms with Gasteiger partial charge in [-0.1, -0.05) is 36.4 Å². The molecule has 2 aromatic rings. The molecule has 2 N–H and O–H groups in total. The molecule has 1 atom stereocenters. The van der Waals surface area contributed by atoms with Gasteiger partial charge in [0.05, 0.1) is 18.6 Å². The third kappa shape index (κ3) is 7.43. The quantitative estimate of drug-likeness (QED) is 0.466. The molecule has 168 valence electrons. The molecule has 0 aliphatic carbocycles. The molecule has 2 aromatic carbocycles. The van der Waals surface area contributed by atoms with E-state index in [0.29, 0.717) is 24.0 Å². The fraction of sp³-hybridized carbons (Fsp3) is 0.417. The van der Waals surface area contributed by atoms with Crippen LogP contribution in [0.25, 0.3) is 0 Å². The maximum atomic E-state index is 12.2. The van der Waals surface area contributed by atoms with Crippen molar-refractivity contribution in [2.24, 2.45) is 5.41 Å². The number of carbonyl (C=O) groups is 1. The fourth-order valence-electron chi connectivity index (χ4n) is 2.82. The van der Waals surface area contributed by atoms with Gasteiger partial charge in [-0.05, 0) is 63.2 Å². The van der Waals surface area contributed by atoms with Gasteiger partial charge >= 0.3 is 5.97 Å². The van der Waals surface area contributed by atoms with Crippen LogP contribution >= 0.6 is 12.2 Å². The topological polar surface area (TPSA) is 71.0 Å². The minimum absolute atomic E-state index is 0.0915. The Morgan fingerprint density at radius 2 is 1.84 bits per heavy atom. The van der Waals surface area contributed by atoms with Crippen LogP contribution in [-0.2, 0) is 22.6 Å². The molecule has 0 amide bonds. The van der Waals surface area contributed by atoms with Crippen LogP contribution in [0.4, 0.5) is 0 Å². The zero-order valence-corrected chi connectivity index (χ0v) is 19.7. The summed E-state index contributed by atoms with van der Waals surface area (Å²) >= 11 is 5.68. The molecule has 2 rings (SSSR count). The van der Waals surface area contributed by atoms with Crippen LogP contribution in [0.3, 0.4) is 0 Å². The van der Waals surface area contributed by atoms with Gasteiger partial charge in [-0.2, -0.15) is 0 Å². The fourth-order valence-corrected chi connectivity index (χ4v) is 3.14. The van der Waals surface area contributed by atoms with E-state index in [1.54, 1.807) is 12.1 Å². The Labute approximate surface area is 190 Å². The van der Waals surface area contributed by atoms with Gasteiger partial charge in [-0.3, -0.25) is 4.79 Å². The highest BCUT2D eigenvalue weighted by molar-refractivity contribution is 7.80. The lowest BCUT2D eigenvalue weighted by Crippen LogP contribution is -2.46. The van der Waals surface area contributed by atoms with Crippen LogP contribution in [0.15, 0.2) is 48.5 Å². The van der Waals surface area contributed by atoms with Crippen molar-refractivity contribution < 1.29 is 19.4 Å². The largest absolute Gasteiger partial charge is 0.504 e. The monoisotopic (exact) mass is 444 g/mol. The molecule has 6 nitrogen and oxygen atoms in total. The van der Waals surface area contributed by atoms with Crippen LogP contribution in [0.5, 0.6) is 11.5 Å². The Balaban J connectivity index is 2.09. The maximum Gasteiger partial charge on any atom is 0.311 e. The van der Waals surface area contributed by atoms with Crippen LogP contribution < -0.4 is 10.1 Å². The molecule has 0 bridgehead atoms. The second-order valence-electron chi connectivity index (χ2n) is 8.48. The molecule has 0 saturated heterocycles. The third-order valence-corrected chi connectivity index (χ3v) is 5.12. The van der Waals surface area contributed by atoms with Crippen molar-refractivity contribution in [3.63, 3.8) is 0 Å². The molecule has 0 aliphatic rings. The summed E-state index contributed by atoms with van der Waals surface area (Å²) in [6.45, 7) is 8.77. The standard InChI is InChI=1S/C24H32N2O4S/c1-17(16-30-22(28)24(2,3)4)26(15-18-9-7-6-8-10-18)23(31)25-14-19-11-12-20(27)21(13-19)29-5/h6-13,17,27H,14-16H2,1-5H3,(H,25,31). The third-order valence-electron chi connectivity index (χ3n) is 4.74. The lowest BCUT2D eigenvalue weighted by Gasteiger charge is -2.32. The summed E-state index contributed by atoms with van der Waals surface area (Å²) in [5, 5.41) is 13.6. The SMILES string of the molecule is COc1cc(CNC(=S)N(Cc2ccccc2)C(C)COC(=O)C(C)(C)C)ccc1O. The number of methoxy groups -OCH3 is 1. The highest BCUT2D eigenvalue weighted by Crippen LogP contribution is 2.26. The minimum Gasteiger partial charge on any atom is -0.504 e. The van der Waals surface area contributed by atoms with Crippen LogP contribution in [0.2, 0.25) is 0 Å². The first-order valence-electron chi connectivity index (χ1n) is 10.2. The molecule has 7 heteroatoms. The van der Waals surface area contributed by atoms with Crippen molar-refractivity contribution in [3.8, 4) is 11.5 Å². The summed E-state index contributed by atoms with van der Waals surface area (Å²) in [6.07, 6.45) is 0. The number of nitrogens with one attached hydrogen (secondary N) is 1. The van der Waals surface area contributed by atoms with E-state index in [0.717, 1.165) is 11.1 Å². The lowest BCUT2D eigenvalue weighted by molar-refractivity contribution is -0.154. The summed E-state index contributed by atoms with van der Waals surface area (Å²) in [5.74, 6) is 0.261. The molecule has 31 heavy (non-hydrogen) atoms. The summed E-state index contributed by atoms with van der Waals surface area (Å²) < 4.78 is 10.7. The van der Waals surface area contributed by atoms with E-state index >= 15 is 0 Å². The first-order valence-corrected chi connectivity index (χ1v) is 10.6. The van der Waals surface area contributed by atoms with Gasteiger partial charge in [0.25, 0.3) is 0 Å². The molecule has 1 unspecified atom stereocenters. The highest BCUT2D eigenvalue weighted by atomic mass is 32.1. The molecular weight excluding hydrogens is 412 g/mol. The Morgan fingerprint density at radius 3 is 2.45 bits per heavy atom. The Bertz CT molecular complexity index is 881. The van der Waals surface area contributed by atoms with E-state index in [2.05, 4.69) is 5.32 Å². The molecule has 0 saturated carbocycles. The van der Waals surface area contributed by atoms with Crippen molar-refractivity contribution in [1.82, 2.24) is 10.2 Å². The highest BCUT2D eigenvalue weighted by Gasteiger charge is 2.25. The molecule has 0 aromatic heterocycles. The number of esters is 1. The van der Waals surface area contributed by atoms with E-state index in [4.69, 9.17) is 21.7 Å². The average molecular weight is 445 g/mol. The summed E-state index contributed by atoms with van der Waals surface area (Å²) in [6, 6.07) is 15.1. The summed E-state index contributed by atoms with van der Waals surface area (Å²) in [7, 11) is 1.51. The Morgan fingerprint density at radius 1 is 1.16 bits per heavy atom. The number of benzene rings is 2. The normalized spacial score (nSPS) is 12.0. The smallest absolute Gasteiger partial charge is 0.311 e. The lowest BCUT2D eigenvalue weighted by atomic mass is 9.97. The van der Waals surface area contributed by atoms with Crippen molar-refractivity contribution >= 4 is 23.3 Å². The van der Waals surface area contributed by atoms with Gasteiger partial charge in [-0.25, -0.2) is 0 Å². The van der Waals surface area contributed by atoms with Crippen molar-refractivity contribution in [2.45, 2.75) is 46.8 Å². The minimum atomic E-state index is -0.555. The number of phenols is 1. The van der Waals surface area contributed by atoms with Gasteiger partial charge in [0.2, 0.25) is 0 Å². The molecule has 0 heterocycles. The number of rotatable bonds is 8. The number of thiocarbonyl (C=S) groups is 1. The molecule has 0 fully saturated rings. The van der Waals surface area contributed by atoms with E-state index < -0.39 is 5.41 Å². The maximum absolute atomic E-state index is 12.2. The van der Waals surface area contributed by atoms with Gasteiger partial charge in [-0.15, -0.1) is 0 Å². The molecule has 0 aliphatic heterocycles. The second kappa shape index (κ2) is 11.0. The summed E-state index contributed by atoms with van der Waals surface area (Å²) in [4.78, 5) is 14.2. The van der Waals surface area contributed by atoms with Crippen LogP contribution in [-0.4, -0.2) is 40.8 Å². The molecule has 0 radical (unpaired) electrons. The van der Waals surface area contributed by atoms with Gasteiger partial charge < -0.3 is 24.8 Å². The predicted molar refractivity (Wildman–Crippen MR) is 126 cm³/mol. The number of ether oxygens (including phenoxy) is 2. The number of carbonyl (C=O) groups excluding carboxylic acids is 1.